The van der Waals surface area contributed by atoms with Crippen molar-refractivity contribution in [2.75, 3.05) is 18.4 Å². The Bertz CT molecular complexity index is 1260. The van der Waals surface area contributed by atoms with Crippen LogP contribution in [0, 0.1) is 5.92 Å². The van der Waals surface area contributed by atoms with E-state index in [-0.39, 0.29) is 29.8 Å². The summed E-state index contributed by atoms with van der Waals surface area (Å²) in [5.41, 5.74) is 0.672. The maximum atomic E-state index is 13.0. The van der Waals surface area contributed by atoms with E-state index in [0.717, 1.165) is 0 Å². The number of nitrogens with one attached hydrogen (secondary N) is 2. The lowest BCUT2D eigenvalue weighted by Gasteiger charge is -2.31. The number of hydrogen-bond acceptors (Lipinski definition) is 5. The predicted molar refractivity (Wildman–Crippen MR) is 128 cm³/mol. The Morgan fingerprint density at radius 1 is 1.06 bits per heavy atom. The fourth-order valence-corrected chi connectivity index (χ4v) is 5.48. The highest BCUT2D eigenvalue weighted by molar-refractivity contribution is 7.89. The first-order chi connectivity index (χ1) is 16.3. The van der Waals surface area contributed by atoms with E-state index in [2.05, 4.69) is 10.6 Å². The number of furan rings is 1. The Hall–Kier alpha value is -3.14. The molecule has 0 spiro atoms. The van der Waals surface area contributed by atoms with Crippen molar-refractivity contribution in [3.63, 3.8) is 0 Å². The Morgan fingerprint density at radius 2 is 1.82 bits per heavy atom. The number of piperidine rings is 1. The van der Waals surface area contributed by atoms with Gasteiger partial charge in [0, 0.05) is 18.1 Å². The molecule has 34 heavy (non-hydrogen) atoms. The van der Waals surface area contributed by atoms with Crippen LogP contribution in [0.5, 0.6) is 0 Å². The molecule has 1 atom stereocenters. The molecule has 0 saturated carbocycles. The van der Waals surface area contributed by atoms with Gasteiger partial charge in [-0.2, -0.15) is 4.31 Å². The Morgan fingerprint density at radius 3 is 2.56 bits per heavy atom. The van der Waals surface area contributed by atoms with Gasteiger partial charge < -0.3 is 15.1 Å². The maximum Gasteiger partial charge on any atom is 0.253 e. The number of benzene rings is 2. The number of hydrogen-bond donors (Lipinski definition) is 2. The molecular formula is C24H24ClN3O5S. The molecule has 0 aliphatic carbocycles. The molecule has 0 radical (unpaired) electrons. The van der Waals surface area contributed by atoms with Crippen LogP contribution in [0.1, 0.15) is 29.0 Å². The van der Waals surface area contributed by atoms with Gasteiger partial charge in [-0.3, -0.25) is 9.59 Å². The molecule has 0 bridgehead atoms. The van der Waals surface area contributed by atoms with Gasteiger partial charge in [0.05, 0.1) is 34.9 Å². The second-order valence-electron chi connectivity index (χ2n) is 7.95. The molecule has 1 saturated heterocycles. The van der Waals surface area contributed by atoms with E-state index in [1.165, 1.54) is 34.8 Å². The number of amides is 2. The predicted octanol–water partition coefficient (Wildman–Crippen LogP) is 3.90. The lowest BCUT2D eigenvalue weighted by molar-refractivity contribution is -0.120. The van der Waals surface area contributed by atoms with Gasteiger partial charge in [-0.25, -0.2) is 8.42 Å². The molecule has 2 aromatic carbocycles. The van der Waals surface area contributed by atoms with Crippen LogP contribution >= 0.6 is 11.6 Å². The van der Waals surface area contributed by atoms with Gasteiger partial charge in [-0.05, 0) is 61.4 Å². The van der Waals surface area contributed by atoms with Gasteiger partial charge in [0.15, 0.2) is 0 Å². The first-order valence-corrected chi connectivity index (χ1v) is 12.6. The fourth-order valence-electron chi connectivity index (χ4n) is 3.83. The smallest absolute Gasteiger partial charge is 0.253 e. The van der Waals surface area contributed by atoms with Gasteiger partial charge in [-0.1, -0.05) is 23.7 Å². The van der Waals surface area contributed by atoms with E-state index >= 15 is 0 Å². The van der Waals surface area contributed by atoms with Crippen LogP contribution in [0.4, 0.5) is 5.69 Å². The van der Waals surface area contributed by atoms with Crippen LogP contribution in [0.25, 0.3) is 0 Å². The van der Waals surface area contributed by atoms with Gasteiger partial charge in [-0.15, -0.1) is 0 Å². The number of rotatable bonds is 7. The lowest BCUT2D eigenvalue weighted by Crippen LogP contribution is -2.43. The Kier molecular flexibility index (Phi) is 7.35. The molecule has 1 aliphatic heterocycles. The summed E-state index contributed by atoms with van der Waals surface area (Å²) in [4.78, 5) is 25.9. The summed E-state index contributed by atoms with van der Waals surface area (Å²) in [7, 11) is -3.75. The van der Waals surface area contributed by atoms with Crippen molar-refractivity contribution in [3.05, 3.63) is 83.3 Å². The minimum atomic E-state index is -3.75. The summed E-state index contributed by atoms with van der Waals surface area (Å²) in [5.74, 6) is -0.626. The van der Waals surface area contributed by atoms with Crippen LogP contribution in [0.3, 0.4) is 0 Å². The Labute approximate surface area is 203 Å². The monoisotopic (exact) mass is 501 g/mol. The topological polar surface area (TPSA) is 109 Å². The number of sulfonamides is 1. The molecule has 10 heteroatoms. The Balaban J connectivity index is 1.43. The first kappa shape index (κ1) is 24.0. The highest BCUT2D eigenvalue weighted by atomic mass is 35.5. The highest BCUT2D eigenvalue weighted by Gasteiger charge is 2.33. The van der Waals surface area contributed by atoms with Crippen LogP contribution in [0.2, 0.25) is 5.02 Å². The number of anilines is 1. The summed E-state index contributed by atoms with van der Waals surface area (Å²) in [6.07, 6.45) is 2.62. The normalized spacial score (nSPS) is 16.7. The number of halogens is 1. The zero-order valence-electron chi connectivity index (χ0n) is 18.2. The van der Waals surface area contributed by atoms with E-state index in [4.69, 9.17) is 16.0 Å². The molecule has 2 N–H and O–H groups in total. The average Bonchev–Trinajstić information content (AvgIpc) is 3.37. The van der Waals surface area contributed by atoms with Crippen molar-refractivity contribution in [1.82, 2.24) is 9.62 Å². The van der Waals surface area contributed by atoms with Crippen LogP contribution < -0.4 is 10.6 Å². The summed E-state index contributed by atoms with van der Waals surface area (Å²) in [6, 6.07) is 16.1. The van der Waals surface area contributed by atoms with Crippen LogP contribution in [-0.2, 0) is 21.4 Å². The second kappa shape index (κ2) is 10.4. The van der Waals surface area contributed by atoms with Crippen molar-refractivity contribution in [3.8, 4) is 0 Å². The van der Waals surface area contributed by atoms with Gasteiger partial charge in [0.25, 0.3) is 5.91 Å². The summed E-state index contributed by atoms with van der Waals surface area (Å²) >= 11 is 5.88. The lowest BCUT2D eigenvalue weighted by atomic mass is 9.98. The molecule has 1 unspecified atom stereocenters. The van der Waals surface area contributed by atoms with E-state index < -0.39 is 15.9 Å². The standard InChI is InChI=1S/C24H24ClN3O5S/c25-18-9-11-20(12-10-18)34(31,32)28-13-3-5-17(16-28)23(29)27-22-8-2-1-7-21(22)24(30)26-15-19-6-4-14-33-19/h1-2,4,6-12,14,17H,3,5,13,15-16H2,(H,26,30)(H,27,29). The largest absolute Gasteiger partial charge is 0.467 e. The minimum absolute atomic E-state index is 0.0592. The molecule has 4 rings (SSSR count). The molecule has 8 nitrogen and oxygen atoms in total. The second-order valence-corrected chi connectivity index (χ2v) is 10.3. The molecular weight excluding hydrogens is 478 g/mol. The number of nitrogens with zero attached hydrogens (tertiary/aromatic N) is 1. The zero-order valence-corrected chi connectivity index (χ0v) is 19.8. The average molecular weight is 502 g/mol. The highest BCUT2D eigenvalue weighted by Crippen LogP contribution is 2.26. The third kappa shape index (κ3) is 5.49. The number of para-hydroxylation sites is 1. The van der Waals surface area contributed by atoms with E-state index in [9.17, 15) is 18.0 Å². The third-order valence-electron chi connectivity index (χ3n) is 5.64. The van der Waals surface area contributed by atoms with Crippen molar-refractivity contribution in [1.29, 1.82) is 0 Å². The van der Waals surface area contributed by atoms with Crippen LogP contribution in [0.15, 0.2) is 76.2 Å². The molecule has 1 aliphatic rings. The SMILES string of the molecule is O=C(NCc1ccco1)c1ccccc1NC(=O)C1CCCN(S(=O)(=O)c2ccc(Cl)cc2)C1. The minimum Gasteiger partial charge on any atom is -0.467 e. The van der Waals surface area contributed by atoms with E-state index in [0.29, 0.717) is 41.4 Å². The molecule has 1 fully saturated rings. The summed E-state index contributed by atoms with van der Waals surface area (Å²) in [5, 5.41) is 6.02. The number of carbonyl (C=O) groups excluding carboxylic acids is 2. The molecule has 2 heterocycles. The van der Waals surface area contributed by atoms with Gasteiger partial charge >= 0.3 is 0 Å². The third-order valence-corrected chi connectivity index (χ3v) is 7.77. The van der Waals surface area contributed by atoms with Crippen LogP contribution in [-0.4, -0.2) is 37.6 Å². The fraction of sp³-hybridized carbons (Fsp3) is 0.250. The zero-order chi connectivity index (χ0) is 24.1. The summed E-state index contributed by atoms with van der Waals surface area (Å²) in [6.45, 7) is 0.610. The van der Waals surface area contributed by atoms with E-state index in [1.807, 2.05) is 0 Å². The molecule has 3 aromatic rings. The maximum absolute atomic E-state index is 13.0. The van der Waals surface area contributed by atoms with Gasteiger partial charge in [0.1, 0.15) is 5.76 Å². The van der Waals surface area contributed by atoms with Crippen molar-refractivity contribution in [2.24, 2.45) is 5.92 Å². The molecule has 2 amide bonds. The molecule has 178 valence electrons. The van der Waals surface area contributed by atoms with Crippen molar-refractivity contribution >= 4 is 39.1 Å². The quantitative estimate of drug-likeness (QED) is 0.510. The number of carbonyl (C=O) groups is 2. The molecule has 1 aromatic heterocycles. The first-order valence-electron chi connectivity index (χ1n) is 10.8. The van der Waals surface area contributed by atoms with Crippen molar-refractivity contribution in [2.45, 2.75) is 24.3 Å². The van der Waals surface area contributed by atoms with E-state index in [1.54, 1.807) is 36.4 Å². The van der Waals surface area contributed by atoms with Crippen molar-refractivity contribution < 1.29 is 22.4 Å². The van der Waals surface area contributed by atoms with Gasteiger partial charge in [0.2, 0.25) is 15.9 Å². The summed E-state index contributed by atoms with van der Waals surface area (Å²) < 4.78 is 32.6.